The van der Waals surface area contributed by atoms with Crippen LogP contribution in [0.4, 0.5) is 0 Å². The molecule has 0 spiro atoms. The smallest absolute Gasteiger partial charge is 0.231 e. The van der Waals surface area contributed by atoms with Crippen molar-refractivity contribution in [3.8, 4) is 17.1 Å². The first-order valence-electron chi connectivity index (χ1n) is 8.98. The molecule has 1 aromatic heterocycles. The molecule has 1 fully saturated rings. The van der Waals surface area contributed by atoms with Gasteiger partial charge in [-0.15, -0.1) is 0 Å². The van der Waals surface area contributed by atoms with E-state index in [2.05, 4.69) is 46.2 Å². The summed E-state index contributed by atoms with van der Waals surface area (Å²) in [4.78, 5) is 7.10. The van der Waals surface area contributed by atoms with Crippen LogP contribution in [0.25, 0.3) is 11.4 Å². The Hall–Kier alpha value is -2.66. The summed E-state index contributed by atoms with van der Waals surface area (Å²) in [5, 5.41) is 4.17. The van der Waals surface area contributed by atoms with Crippen molar-refractivity contribution in [1.29, 1.82) is 0 Å². The second-order valence-electron chi connectivity index (χ2n) is 6.84. The highest BCUT2D eigenvalue weighted by Crippen LogP contribution is 2.29. The molecule has 26 heavy (non-hydrogen) atoms. The predicted octanol–water partition coefficient (Wildman–Crippen LogP) is 4.04. The average Bonchev–Trinajstić information content (AvgIpc) is 3.33. The Kier molecular flexibility index (Phi) is 4.71. The van der Waals surface area contributed by atoms with Crippen LogP contribution in [-0.4, -0.2) is 35.2 Å². The number of methoxy groups -OCH3 is 1. The van der Waals surface area contributed by atoms with Crippen LogP contribution in [0.3, 0.4) is 0 Å². The number of likely N-dealkylation sites (tertiary alicyclic amines) is 1. The Morgan fingerprint density at radius 3 is 2.92 bits per heavy atom. The zero-order valence-electron chi connectivity index (χ0n) is 15.2. The lowest BCUT2D eigenvalue weighted by Gasteiger charge is -2.16. The Balaban J connectivity index is 1.44. The Labute approximate surface area is 153 Å². The fraction of sp³-hybridized carbons (Fsp3) is 0.333. The van der Waals surface area contributed by atoms with Crippen molar-refractivity contribution in [1.82, 2.24) is 15.0 Å². The fourth-order valence-corrected chi connectivity index (χ4v) is 3.49. The summed E-state index contributed by atoms with van der Waals surface area (Å²) < 4.78 is 10.8. The highest BCUT2D eigenvalue weighted by Gasteiger charge is 2.28. The molecule has 0 bridgehead atoms. The van der Waals surface area contributed by atoms with Crippen molar-refractivity contribution >= 4 is 0 Å². The van der Waals surface area contributed by atoms with Gasteiger partial charge in [0.1, 0.15) is 5.75 Å². The van der Waals surface area contributed by atoms with Gasteiger partial charge in [0.25, 0.3) is 0 Å². The summed E-state index contributed by atoms with van der Waals surface area (Å²) in [5.74, 6) is 2.44. The summed E-state index contributed by atoms with van der Waals surface area (Å²) in [6.07, 6.45) is 1.05. The molecule has 3 aromatic rings. The Morgan fingerprint density at radius 1 is 1.19 bits per heavy atom. The molecule has 1 atom stereocenters. The molecule has 1 saturated heterocycles. The molecule has 0 radical (unpaired) electrons. The van der Waals surface area contributed by atoms with E-state index in [9.17, 15) is 0 Å². The number of aryl methyl sites for hydroxylation is 1. The molecule has 134 valence electrons. The summed E-state index contributed by atoms with van der Waals surface area (Å²) in [5.41, 5.74) is 3.64. The van der Waals surface area contributed by atoms with Crippen molar-refractivity contribution < 1.29 is 9.26 Å². The Morgan fingerprint density at radius 2 is 2.08 bits per heavy atom. The highest BCUT2D eigenvalue weighted by atomic mass is 16.5. The maximum Gasteiger partial charge on any atom is 0.231 e. The summed E-state index contributed by atoms with van der Waals surface area (Å²) >= 11 is 0. The minimum atomic E-state index is 0.297. The molecule has 0 unspecified atom stereocenters. The second-order valence-corrected chi connectivity index (χ2v) is 6.84. The van der Waals surface area contributed by atoms with Gasteiger partial charge in [-0.3, -0.25) is 4.90 Å². The maximum atomic E-state index is 5.57. The standard InChI is InChI=1S/C21H23N3O2/c1-15-6-3-4-7-17(15)13-24-11-10-18(14-24)21-22-20(23-26-21)16-8-5-9-19(12-16)25-2/h3-9,12,18H,10-11,13-14H2,1-2H3/t18-/m1/s1. The number of benzene rings is 2. The number of nitrogens with zero attached hydrogens (tertiary/aromatic N) is 3. The highest BCUT2D eigenvalue weighted by molar-refractivity contribution is 5.56. The largest absolute Gasteiger partial charge is 0.497 e. The quantitative estimate of drug-likeness (QED) is 0.696. The molecule has 4 rings (SSSR count). The van der Waals surface area contributed by atoms with E-state index in [-0.39, 0.29) is 0 Å². The van der Waals surface area contributed by atoms with Gasteiger partial charge in [0.15, 0.2) is 0 Å². The number of ether oxygens (including phenoxy) is 1. The number of hydrogen-bond donors (Lipinski definition) is 0. The molecule has 2 aromatic carbocycles. The van der Waals surface area contributed by atoms with E-state index in [0.717, 1.165) is 43.3 Å². The second kappa shape index (κ2) is 7.30. The lowest BCUT2D eigenvalue weighted by Crippen LogP contribution is -2.20. The first kappa shape index (κ1) is 16.8. The van der Waals surface area contributed by atoms with Crippen molar-refractivity contribution in [2.24, 2.45) is 0 Å². The van der Waals surface area contributed by atoms with E-state index >= 15 is 0 Å². The minimum Gasteiger partial charge on any atom is -0.497 e. The summed E-state index contributed by atoms with van der Waals surface area (Å²) in [6, 6.07) is 16.3. The topological polar surface area (TPSA) is 51.4 Å². The van der Waals surface area contributed by atoms with Crippen molar-refractivity contribution in [2.75, 3.05) is 20.2 Å². The van der Waals surface area contributed by atoms with Gasteiger partial charge in [-0.05, 0) is 43.1 Å². The molecule has 5 heteroatoms. The first-order chi connectivity index (χ1) is 12.7. The monoisotopic (exact) mass is 349 g/mol. The molecule has 1 aliphatic rings. The lowest BCUT2D eigenvalue weighted by atomic mass is 10.1. The van der Waals surface area contributed by atoms with Gasteiger partial charge in [0, 0.05) is 18.7 Å². The lowest BCUT2D eigenvalue weighted by molar-refractivity contribution is 0.309. The van der Waals surface area contributed by atoms with Crippen molar-refractivity contribution in [3.05, 3.63) is 65.5 Å². The van der Waals surface area contributed by atoms with Crippen LogP contribution >= 0.6 is 0 Å². The molecule has 1 aliphatic heterocycles. The summed E-state index contributed by atoms with van der Waals surface area (Å²) in [7, 11) is 1.66. The third kappa shape index (κ3) is 3.48. The molecule has 0 N–H and O–H groups in total. The van der Waals surface area contributed by atoms with Crippen molar-refractivity contribution in [2.45, 2.75) is 25.8 Å². The van der Waals surface area contributed by atoms with E-state index in [1.54, 1.807) is 7.11 Å². The van der Waals surface area contributed by atoms with E-state index in [4.69, 9.17) is 9.26 Å². The fourth-order valence-electron chi connectivity index (χ4n) is 3.49. The van der Waals surface area contributed by atoms with Crippen LogP contribution in [0.5, 0.6) is 5.75 Å². The van der Waals surface area contributed by atoms with E-state index in [1.165, 1.54) is 11.1 Å². The SMILES string of the molecule is COc1cccc(-c2noc([C@@H]3CCN(Cc4ccccc4C)C3)n2)c1. The van der Waals surface area contributed by atoms with Gasteiger partial charge in [0.2, 0.25) is 11.7 Å². The molecular weight excluding hydrogens is 326 g/mol. The molecule has 0 saturated carbocycles. The van der Waals surface area contributed by atoms with Crippen LogP contribution < -0.4 is 4.74 Å². The van der Waals surface area contributed by atoms with Crippen LogP contribution in [0, 0.1) is 6.92 Å². The van der Waals surface area contributed by atoms with Crippen LogP contribution in [0.15, 0.2) is 53.1 Å². The van der Waals surface area contributed by atoms with Crippen LogP contribution in [-0.2, 0) is 6.54 Å². The van der Waals surface area contributed by atoms with E-state index < -0.39 is 0 Å². The Bertz CT molecular complexity index is 890. The van der Waals surface area contributed by atoms with E-state index in [1.807, 2.05) is 24.3 Å². The first-order valence-corrected chi connectivity index (χ1v) is 8.98. The average molecular weight is 349 g/mol. The van der Waals surface area contributed by atoms with Gasteiger partial charge in [-0.2, -0.15) is 4.98 Å². The van der Waals surface area contributed by atoms with Gasteiger partial charge < -0.3 is 9.26 Å². The third-order valence-electron chi connectivity index (χ3n) is 5.05. The molecular formula is C21H23N3O2. The summed E-state index contributed by atoms with van der Waals surface area (Å²) in [6.45, 7) is 5.14. The van der Waals surface area contributed by atoms with Gasteiger partial charge in [-0.1, -0.05) is 41.6 Å². The number of rotatable bonds is 5. The van der Waals surface area contributed by atoms with Crippen LogP contribution in [0.2, 0.25) is 0 Å². The van der Waals surface area contributed by atoms with Gasteiger partial charge in [0.05, 0.1) is 13.0 Å². The molecule has 2 heterocycles. The van der Waals surface area contributed by atoms with Gasteiger partial charge in [-0.25, -0.2) is 0 Å². The van der Waals surface area contributed by atoms with E-state index in [0.29, 0.717) is 11.7 Å². The zero-order chi connectivity index (χ0) is 17.9. The normalized spacial score (nSPS) is 17.5. The minimum absolute atomic E-state index is 0.297. The number of aromatic nitrogens is 2. The van der Waals surface area contributed by atoms with Gasteiger partial charge >= 0.3 is 0 Å². The third-order valence-corrected chi connectivity index (χ3v) is 5.05. The van der Waals surface area contributed by atoms with Crippen LogP contribution in [0.1, 0.15) is 29.4 Å². The zero-order valence-corrected chi connectivity index (χ0v) is 15.2. The number of hydrogen-bond acceptors (Lipinski definition) is 5. The molecule has 5 nitrogen and oxygen atoms in total. The predicted molar refractivity (Wildman–Crippen MR) is 100 cm³/mol. The molecule has 0 amide bonds. The maximum absolute atomic E-state index is 5.57. The molecule has 0 aliphatic carbocycles. The van der Waals surface area contributed by atoms with Crippen molar-refractivity contribution in [3.63, 3.8) is 0 Å².